The molecule has 1 unspecified atom stereocenters. The quantitative estimate of drug-likeness (QED) is 0.732. The second-order valence-corrected chi connectivity index (χ2v) is 5.43. The maximum atomic E-state index is 11.6. The Morgan fingerprint density at radius 3 is 2.95 bits per heavy atom. The third-order valence-electron chi connectivity index (χ3n) is 3.54. The van der Waals surface area contributed by atoms with E-state index >= 15 is 0 Å². The number of aliphatic hydroxyl groups is 1. The lowest BCUT2D eigenvalue weighted by molar-refractivity contribution is 0.100. The molecule has 1 amide bonds. The Kier molecular flexibility index (Phi) is 5.23. The van der Waals surface area contributed by atoms with Crippen LogP contribution in [0.25, 0.3) is 0 Å². The Morgan fingerprint density at radius 1 is 1.55 bits per heavy atom. The molecule has 0 spiro atoms. The van der Waals surface area contributed by atoms with Gasteiger partial charge in [0.25, 0.3) is 5.91 Å². The number of nitrogens with one attached hydrogen (secondary N) is 1. The van der Waals surface area contributed by atoms with Gasteiger partial charge in [-0.25, -0.2) is 0 Å². The summed E-state index contributed by atoms with van der Waals surface area (Å²) in [7, 11) is 0. The van der Waals surface area contributed by atoms with Crippen molar-refractivity contribution in [3.8, 4) is 0 Å². The van der Waals surface area contributed by atoms with E-state index in [-0.39, 0.29) is 6.61 Å². The molecule has 5 nitrogen and oxygen atoms in total. The van der Waals surface area contributed by atoms with Crippen LogP contribution >= 0.6 is 11.6 Å². The van der Waals surface area contributed by atoms with Gasteiger partial charge < -0.3 is 21.1 Å². The molecule has 0 aliphatic carbocycles. The van der Waals surface area contributed by atoms with Crippen molar-refractivity contribution in [2.75, 3.05) is 31.1 Å². The van der Waals surface area contributed by atoms with E-state index in [0.29, 0.717) is 28.9 Å². The third kappa shape index (κ3) is 3.62. The monoisotopic (exact) mass is 297 g/mol. The molecule has 1 aromatic rings. The van der Waals surface area contributed by atoms with E-state index < -0.39 is 5.91 Å². The Balaban J connectivity index is 2.26. The summed E-state index contributed by atoms with van der Waals surface area (Å²) < 4.78 is 0. The number of nitrogens with zero attached hydrogens (tertiary/aromatic N) is 1. The predicted molar refractivity (Wildman–Crippen MR) is 80.3 cm³/mol. The van der Waals surface area contributed by atoms with E-state index in [1.165, 1.54) is 0 Å². The van der Waals surface area contributed by atoms with Crippen LogP contribution in [0.1, 0.15) is 23.2 Å². The predicted octanol–water partition coefficient (Wildman–Crippen LogP) is 0.990. The van der Waals surface area contributed by atoms with Crippen LogP contribution < -0.4 is 16.0 Å². The molecule has 0 saturated carbocycles. The number of rotatable bonds is 6. The van der Waals surface area contributed by atoms with Gasteiger partial charge in [0.05, 0.1) is 17.9 Å². The van der Waals surface area contributed by atoms with Crippen molar-refractivity contribution < 1.29 is 9.90 Å². The van der Waals surface area contributed by atoms with Crippen molar-refractivity contribution in [3.63, 3.8) is 0 Å². The lowest BCUT2D eigenvalue weighted by atomic mass is 10.1. The van der Waals surface area contributed by atoms with Crippen LogP contribution in [0.2, 0.25) is 5.02 Å². The van der Waals surface area contributed by atoms with Gasteiger partial charge in [0.2, 0.25) is 0 Å². The minimum atomic E-state index is -0.487. The maximum absolute atomic E-state index is 11.6. The van der Waals surface area contributed by atoms with Crippen LogP contribution in [0.3, 0.4) is 0 Å². The second kappa shape index (κ2) is 6.92. The third-order valence-corrected chi connectivity index (χ3v) is 3.77. The van der Waals surface area contributed by atoms with Gasteiger partial charge in [-0.3, -0.25) is 4.79 Å². The molecule has 110 valence electrons. The Morgan fingerprint density at radius 2 is 2.35 bits per heavy atom. The zero-order valence-electron chi connectivity index (χ0n) is 11.3. The first-order chi connectivity index (χ1) is 9.61. The fraction of sp³-hybridized carbons (Fsp3) is 0.500. The number of carbonyl (C=O) groups is 1. The van der Waals surface area contributed by atoms with E-state index in [0.717, 1.165) is 25.9 Å². The summed E-state index contributed by atoms with van der Waals surface area (Å²) in [6.45, 7) is 2.19. The molecule has 4 N–H and O–H groups in total. The van der Waals surface area contributed by atoms with E-state index in [1.54, 1.807) is 18.2 Å². The fourth-order valence-electron chi connectivity index (χ4n) is 2.58. The van der Waals surface area contributed by atoms with Crippen LogP contribution in [0.4, 0.5) is 5.69 Å². The standard InChI is InChI=1S/C14H20ClN3O2/c15-10-3-4-12(14(16)20)13(8-10)18(6-7-19)9-11-2-1-5-17-11/h3-4,8,11,17,19H,1-2,5-7,9H2,(H2,16,20). The van der Waals surface area contributed by atoms with E-state index in [4.69, 9.17) is 17.3 Å². The molecule has 1 atom stereocenters. The smallest absolute Gasteiger partial charge is 0.250 e. The number of halogens is 1. The largest absolute Gasteiger partial charge is 0.395 e. The van der Waals surface area contributed by atoms with E-state index in [1.807, 2.05) is 4.90 Å². The number of hydrogen-bond donors (Lipinski definition) is 3. The van der Waals surface area contributed by atoms with Gasteiger partial charge in [0, 0.05) is 24.2 Å². The SMILES string of the molecule is NC(=O)c1ccc(Cl)cc1N(CCO)CC1CCCN1. The molecular formula is C14H20ClN3O2. The van der Waals surface area contributed by atoms with Crippen LogP contribution in [0.15, 0.2) is 18.2 Å². The van der Waals surface area contributed by atoms with Crippen LogP contribution in [0, 0.1) is 0 Å². The number of carbonyl (C=O) groups excluding carboxylic acids is 1. The molecule has 1 fully saturated rings. The summed E-state index contributed by atoms with van der Waals surface area (Å²) in [6.07, 6.45) is 2.24. The highest BCUT2D eigenvalue weighted by atomic mass is 35.5. The van der Waals surface area contributed by atoms with Gasteiger partial charge in [-0.1, -0.05) is 11.6 Å². The first kappa shape index (κ1) is 15.1. The lowest BCUT2D eigenvalue weighted by Crippen LogP contribution is -2.40. The molecule has 0 aromatic heterocycles. The Bertz CT molecular complexity index is 475. The zero-order valence-corrected chi connectivity index (χ0v) is 12.1. The summed E-state index contributed by atoms with van der Waals surface area (Å²) in [5.41, 5.74) is 6.54. The average Bonchev–Trinajstić information content (AvgIpc) is 2.90. The highest BCUT2D eigenvalue weighted by Gasteiger charge is 2.21. The summed E-state index contributed by atoms with van der Waals surface area (Å²) >= 11 is 6.03. The van der Waals surface area contributed by atoms with Crippen LogP contribution in [0.5, 0.6) is 0 Å². The Labute approximate surface area is 123 Å². The van der Waals surface area contributed by atoms with Gasteiger partial charge in [0.15, 0.2) is 0 Å². The molecular weight excluding hydrogens is 278 g/mol. The molecule has 1 heterocycles. The fourth-order valence-corrected chi connectivity index (χ4v) is 2.75. The van der Waals surface area contributed by atoms with Crippen molar-refractivity contribution in [2.45, 2.75) is 18.9 Å². The Hall–Kier alpha value is -1.30. The first-order valence-electron chi connectivity index (χ1n) is 6.80. The molecule has 0 radical (unpaired) electrons. The number of aliphatic hydroxyl groups excluding tert-OH is 1. The second-order valence-electron chi connectivity index (χ2n) is 4.99. The number of nitrogens with two attached hydrogens (primary N) is 1. The number of hydrogen-bond acceptors (Lipinski definition) is 4. The normalized spacial score (nSPS) is 18.2. The van der Waals surface area contributed by atoms with Crippen molar-refractivity contribution in [1.29, 1.82) is 0 Å². The zero-order chi connectivity index (χ0) is 14.5. The highest BCUT2D eigenvalue weighted by molar-refractivity contribution is 6.31. The van der Waals surface area contributed by atoms with Gasteiger partial charge in [0.1, 0.15) is 0 Å². The summed E-state index contributed by atoms with van der Waals surface area (Å²) in [6, 6.07) is 5.37. The summed E-state index contributed by atoms with van der Waals surface area (Å²) in [4.78, 5) is 13.5. The maximum Gasteiger partial charge on any atom is 0.250 e. The molecule has 1 saturated heterocycles. The van der Waals surface area contributed by atoms with Crippen LogP contribution in [-0.4, -0.2) is 43.3 Å². The minimum Gasteiger partial charge on any atom is -0.395 e. The summed E-state index contributed by atoms with van der Waals surface area (Å²) in [5, 5.41) is 13.2. The summed E-state index contributed by atoms with van der Waals surface area (Å²) in [5.74, 6) is -0.487. The van der Waals surface area contributed by atoms with Crippen molar-refractivity contribution >= 4 is 23.2 Å². The molecule has 6 heteroatoms. The van der Waals surface area contributed by atoms with E-state index in [2.05, 4.69) is 5.32 Å². The van der Waals surface area contributed by atoms with E-state index in [9.17, 15) is 9.90 Å². The highest BCUT2D eigenvalue weighted by Crippen LogP contribution is 2.25. The first-order valence-corrected chi connectivity index (χ1v) is 7.18. The van der Waals surface area contributed by atoms with Gasteiger partial charge in [-0.15, -0.1) is 0 Å². The molecule has 1 aromatic carbocycles. The van der Waals surface area contributed by atoms with Gasteiger partial charge in [-0.05, 0) is 37.6 Å². The minimum absolute atomic E-state index is 0.0113. The number of benzene rings is 1. The van der Waals surface area contributed by atoms with Crippen molar-refractivity contribution in [2.24, 2.45) is 5.73 Å². The van der Waals surface area contributed by atoms with Crippen molar-refractivity contribution in [1.82, 2.24) is 5.32 Å². The average molecular weight is 298 g/mol. The van der Waals surface area contributed by atoms with Crippen molar-refractivity contribution in [3.05, 3.63) is 28.8 Å². The molecule has 1 aliphatic heterocycles. The molecule has 0 bridgehead atoms. The van der Waals surface area contributed by atoms with Gasteiger partial charge in [-0.2, -0.15) is 0 Å². The molecule has 1 aliphatic rings. The number of amides is 1. The number of anilines is 1. The topological polar surface area (TPSA) is 78.6 Å². The molecule has 2 rings (SSSR count). The van der Waals surface area contributed by atoms with Gasteiger partial charge >= 0.3 is 0 Å². The van der Waals surface area contributed by atoms with Crippen LogP contribution in [-0.2, 0) is 0 Å². The lowest BCUT2D eigenvalue weighted by Gasteiger charge is -2.28. The number of primary amides is 1. The molecule has 20 heavy (non-hydrogen) atoms.